The van der Waals surface area contributed by atoms with E-state index in [2.05, 4.69) is 24.1 Å². The lowest BCUT2D eigenvalue weighted by molar-refractivity contribution is -0.170. The third-order valence-electron chi connectivity index (χ3n) is 8.45. The van der Waals surface area contributed by atoms with Gasteiger partial charge in [0.05, 0.1) is 5.71 Å². The molecule has 27 heavy (non-hydrogen) atoms. The second-order valence-electron chi connectivity index (χ2n) is 9.08. The smallest absolute Gasteiger partial charge is 0.304 e. The Hall–Kier alpha value is -1.76. The molecule has 0 saturated heterocycles. The van der Waals surface area contributed by atoms with Crippen molar-refractivity contribution < 1.29 is 14.7 Å². The highest BCUT2D eigenvalue weighted by molar-refractivity contribution is 5.96. The van der Waals surface area contributed by atoms with Crippen molar-refractivity contribution in [2.75, 3.05) is 0 Å². The molecule has 4 heteroatoms. The topological polar surface area (TPSA) is 58.9 Å². The number of nitrogens with zero attached hydrogens (tertiary/aromatic N) is 1. The summed E-state index contributed by atoms with van der Waals surface area (Å²) in [7, 11) is 0. The normalized spacial score (nSPS) is 44.5. The SMILES string of the molecule is C#C[C@]1(OC(C)=O)CC[C@H]2[C@@H]3CCC4=CC(=NO)CC[C@@H]4[C@H]3CCC21CC. The molecule has 0 aromatic carbocycles. The predicted molar refractivity (Wildman–Crippen MR) is 104 cm³/mol. The summed E-state index contributed by atoms with van der Waals surface area (Å²) in [5, 5.41) is 12.6. The molecule has 0 aliphatic heterocycles. The maximum Gasteiger partial charge on any atom is 0.304 e. The van der Waals surface area contributed by atoms with Gasteiger partial charge in [-0.2, -0.15) is 0 Å². The average Bonchev–Trinajstić information content (AvgIpc) is 3.01. The number of ether oxygens (including phenoxy) is 1. The quantitative estimate of drug-likeness (QED) is 0.332. The van der Waals surface area contributed by atoms with E-state index in [0.29, 0.717) is 23.7 Å². The molecule has 0 radical (unpaired) electrons. The van der Waals surface area contributed by atoms with Gasteiger partial charge in [-0.25, -0.2) is 0 Å². The first kappa shape index (κ1) is 18.6. The Bertz CT molecular complexity index is 732. The molecule has 1 unspecified atom stereocenters. The lowest BCUT2D eigenvalue weighted by Gasteiger charge is -2.56. The fourth-order valence-corrected chi connectivity index (χ4v) is 7.45. The van der Waals surface area contributed by atoms with Crippen molar-refractivity contribution >= 4 is 11.7 Å². The van der Waals surface area contributed by atoms with Crippen LogP contribution < -0.4 is 0 Å². The molecule has 6 atom stereocenters. The average molecular weight is 370 g/mol. The highest BCUT2D eigenvalue weighted by Crippen LogP contribution is 2.67. The molecule has 4 aliphatic carbocycles. The lowest BCUT2D eigenvalue weighted by Crippen LogP contribution is -2.55. The van der Waals surface area contributed by atoms with E-state index in [4.69, 9.17) is 16.4 Å². The Morgan fingerprint density at radius 2 is 2.11 bits per heavy atom. The Kier molecular flexibility index (Phi) is 4.61. The van der Waals surface area contributed by atoms with E-state index in [1.54, 1.807) is 0 Å². The maximum atomic E-state index is 11.9. The largest absolute Gasteiger partial charge is 0.445 e. The molecule has 4 rings (SSSR count). The molecule has 146 valence electrons. The van der Waals surface area contributed by atoms with Crippen LogP contribution in [-0.4, -0.2) is 22.5 Å². The van der Waals surface area contributed by atoms with E-state index in [9.17, 15) is 4.79 Å². The zero-order valence-corrected chi connectivity index (χ0v) is 16.5. The Morgan fingerprint density at radius 3 is 2.78 bits per heavy atom. The molecule has 3 fully saturated rings. The zero-order chi connectivity index (χ0) is 19.2. The van der Waals surface area contributed by atoms with Crippen molar-refractivity contribution in [3.05, 3.63) is 11.6 Å². The number of allylic oxidation sites excluding steroid dienone is 2. The molecule has 0 spiro atoms. The molecule has 0 aromatic rings. The van der Waals surface area contributed by atoms with Crippen LogP contribution in [0.1, 0.15) is 71.6 Å². The summed E-state index contributed by atoms with van der Waals surface area (Å²) in [4.78, 5) is 11.9. The van der Waals surface area contributed by atoms with Crippen molar-refractivity contribution in [2.45, 2.75) is 77.2 Å². The number of oxime groups is 1. The highest BCUT2D eigenvalue weighted by Gasteiger charge is 2.65. The van der Waals surface area contributed by atoms with Crippen molar-refractivity contribution in [2.24, 2.45) is 34.2 Å². The van der Waals surface area contributed by atoms with E-state index in [-0.39, 0.29) is 11.4 Å². The van der Waals surface area contributed by atoms with Crippen molar-refractivity contribution in [1.82, 2.24) is 0 Å². The summed E-state index contributed by atoms with van der Waals surface area (Å²) in [5.74, 6) is 5.25. The molecule has 0 aromatic heterocycles. The fraction of sp³-hybridized carbons (Fsp3) is 0.739. The van der Waals surface area contributed by atoms with Gasteiger partial charge in [0.25, 0.3) is 0 Å². The van der Waals surface area contributed by atoms with Crippen LogP contribution in [0.15, 0.2) is 16.8 Å². The first-order valence-electron chi connectivity index (χ1n) is 10.6. The van der Waals surface area contributed by atoms with Crippen LogP contribution >= 0.6 is 0 Å². The maximum absolute atomic E-state index is 11.9. The zero-order valence-electron chi connectivity index (χ0n) is 16.5. The summed E-state index contributed by atoms with van der Waals surface area (Å²) < 4.78 is 5.90. The molecule has 1 N–H and O–H groups in total. The number of hydrogen-bond donors (Lipinski definition) is 1. The van der Waals surface area contributed by atoms with Gasteiger partial charge in [0.1, 0.15) is 0 Å². The van der Waals surface area contributed by atoms with Crippen LogP contribution in [0.4, 0.5) is 0 Å². The minimum Gasteiger partial charge on any atom is -0.445 e. The summed E-state index contributed by atoms with van der Waals surface area (Å²) in [6.07, 6.45) is 17.5. The van der Waals surface area contributed by atoms with Crippen molar-refractivity contribution in [3.63, 3.8) is 0 Å². The van der Waals surface area contributed by atoms with Crippen LogP contribution in [0, 0.1) is 41.4 Å². The van der Waals surface area contributed by atoms with Crippen LogP contribution in [0.25, 0.3) is 0 Å². The number of esters is 1. The molecular formula is C23H31NO3. The third-order valence-corrected chi connectivity index (χ3v) is 8.45. The van der Waals surface area contributed by atoms with Gasteiger partial charge in [-0.3, -0.25) is 4.79 Å². The van der Waals surface area contributed by atoms with Gasteiger partial charge in [0.15, 0.2) is 5.60 Å². The summed E-state index contributed by atoms with van der Waals surface area (Å²) in [6, 6.07) is 0. The van der Waals surface area contributed by atoms with Crippen LogP contribution in [0.5, 0.6) is 0 Å². The Labute approximate surface area is 162 Å². The molecule has 4 nitrogen and oxygen atoms in total. The first-order chi connectivity index (χ1) is 13.0. The summed E-state index contributed by atoms with van der Waals surface area (Å²) in [5.41, 5.74) is 1.53. The van der Waals surface area contributed by atoms with E-state index >= 15 is 0 Å². The lowest BCUT2D eigenvalue weighted by atomic mass is 9.49. The van der Waals surface area contributed by atoms with E-state index in [1.807, 2.05) is 0 Å². The summed E-state index contributed by atoms with van der Waals surface area (Å²) >= 11 is 0. The van der Waals surface area contributed by atoms with Gasteiger partial charge < -0.3 is 9.94 Å². The molecule has 0 amide bonds. The molecule has 3 saturated carbocycles. The van der Waals surface area contributed by atoms with Gasteiger partial charge in [-0.1, -0.05) is 23.6 Å². The predicted octanol–water partition coefficient (Wildman–Crippen LogP) is 4.71. The van der Waals surface area contributed by atoms with Crippen LogP contribution in [0.3, 0.4) is 0 Å². The van der Waals surface area contributed by atoms with Gasteiger partial charge in [-0.15, -0.1) is 6.42 Å². The van der Waals surface area contributed by atoms with E-state index in [1.165, 1.54) is 18.9 Å². The van der Waals surface area contributed by atoms with Crippen LogP contribution in [-0.2, 0) is 9.53 Å². The number of hydrogen-bond acceptors (Lipinski definition) is 4. The van der Waals surface area contributed by atoms with Crippen molar-refractivity contribution in [1.29, 1.82) is 0 Å². The molecular weight excluding hydrogens is 338 g/mol. The number of terminal acetylenes is 1. The van der Waals surface area contributed by atoms with Gasteiger partial charge >= 0.3 is 5.97 Å². The van der Waals surface area contributed by atoms with E-state index < -0.39 is 5.60 Å². The standard InChI is InChI=1S/C23H31NO3/c1-4-22-12-10-19-18-9-7-17(24-26)14-16(18)6-8-20(19)21(22)11-13-23(22,5-2)27-15(3)25/h2,14,18-21,26H,4,6-13H2,1,3H3/t18-,19+,20+,21-,22?,23-/m0/s1. The number of rotatable bonds is 2. The Morgan fingerprint density at radius 1 is 1.30 bits per heavy atom. The fourth-order valence-electron chi connectivity index (χ4n) is 7.45. The van der Waals surface area contributed by atoms with Gasteiger partial charge in [0.2, 0.25) is 0 Å². The van der Waals surface area contributed by atoms with Gasteiger partial charge in [-0.05, 0) is 87.5 Å². The minimum atomic E-state index is -0.720. The molecule has 0 heterocycles. The van der Waals surface area contributed by atoms with Gasteiger partial charge in [0, 0.05) is 12.3 Å². The minimum absolute atomic E-state index is 0.0673. The number of carbonyl (C=O) groups is 1. The monoisotopic (exact) mass is 369 g/mol. The number of carbonyl (C=O) groups excluding carboxylic acids is 1. The first-order valence-corrected chi connectivity index (χ1v) is 10.6. The third kappa shape index (κ3) is 2.57. The second-order valence-corrected chi connectivity index (χ2v) is 9.08. The highest BCUT2D eigenvalue weighted by atomic mass is 16.6. The second kappa shape index (κ2) is 6.69. The number of fused-ring (bicyclic) bond motifs is 5. The van der Waals surface area contributed by atoms with Crippen LogP contribution in [0.2, 0.25) is 0 Å². The molecule has 4 aliphatic rings. The molecule has 0 bridgehead atoms. The van der Waals surface area contributed by atoms with Crippen molar-refractivity contribution in [3.8, 4) is 12.3 Å². The summed E-state index contributed by atoms with van der Waals surface area (Å²) in [6.45, 7) is 3.72. The van der Waals surface area contributed by atoms with E-state index in [0.717, 1.165) is 57.1 Å². The Balaban J connectivity index is 1.66.